The number of halogens is 1. The fourth-order valence-corrected chi connectivity index (χ4v) is 1.94. The quantitative estimate of drug-likeness (QED) is 0.748. The summed E-state index contributed by atoms with van der Waals surface area (Å²) in [4.78, 5) is 22.7. The Morgan fingerprint density at radius 2 is 2.10 bits per heavy atom. The summed E-state index contributed by atoms with van der Waals surface area (Å²) in [6, 6.07) is 4.06. The van der Waals surface area contributed by atoms with E-state index in [4.69, 9.17) is 16.7 Å². The largest absolute Gasteiger partial charge is 0.478 e. The van der Waals surface area contributed by atoms with Crippen molar-refractivity contribution in [2.24, 2.45) is 0 Å². The van der Waals surface area contributed by atoms with E-state index in [0.29, 0.717) is 5.69 Å². The predicted molar refractivity (Wildman–Crippen MR) is 79.6 cm³/mol. The third-order valence-electron chi connectivity index (χ3n) is 2.82. The van der Waals surface area contributed by atoms with Gasteiger partial charge in [0.05, 0.1) is 10.6 Å². The van der Waals surface area contributed by atoms with Crippen LogP contribution in [0.15, 0.2) is 18.2 Å². The van der Waals surface area contributed by atoms with Crippen molar-refractivity contribution in [1.29, 1.82) is 0 Å². The number of hydrogen-bond acceptors (Lipinski definition) is 2. The van der Waals surface area contributed by atoms with Gasteiger partial charge in [-0.3, -0.25) is 0 Å². The standard InChI is InChI=1S/C14H19ClN2O3/c1-3-4-5-9(2)16-14(20)17-10-6-7-12(15)11(8-10)13(18)19/h6-9H,3-5H2,1-2H3,(H,18,19)(H2,16,17,20). The first-order valence-electron chi connectivity index (χ1n) is 6.54. The van der Waals surface area contributed by atoms with Gasteiger partial charge < -0.3 is 15.7 Å². The lowest BCUT2D eigenvalue weighted by atomic mass is 10.1. The minimum absolute atomic E-state index is 0.0384. The Bertz CT molecular complexity index is 491. The molecule has 6 heteroatoms. The number of nitrogens with one attached hydrogen (secondary N) is 2. The Kier molecular flexibility index (Phi) is 6.31. The highest BCUT2D eigenvalue weighted by Crippen LogP contribution is 2.20. The second-order valence-electron chi connectivity index (χ2n) is 4.64. The zero-order chi connectivity index (χ0) is 15.1. The molecule has 1 rings (SSSR count). The first kappa shape index (κ1) is 16.3. The number of anilines is 1. The molecule has 0 fully saturated rings. The van der Waals surface area contributed by atoms with Crippen LogP contribution >= 0.6 is 11.6 Å². The van der Waals surface area contributed by atoms with Gasteiger partial charge in [0.2, 0.25) is 0 Å². The zero-order valence-electron chi connectivity index (χ0n) is 11.6. The number of carbonyl (C=O) groups excluding carboxylic acids is 1. The molecule has 5 nitrogen and oxygen atoms in total. The van der Waals surface area contributed by atoms with E-state index in [0.717, 1.165) is 19.3 Å². The normalized spacial score (nSPS) is 11.8. The molecule has 3 N–H and O–H groups in total. The third kappa shape index (κ3) is 5.09. The van der Waals surface area contributed by atoms with Crippen molar-refractivity contribution in [3.05, 3.63) is 28.8 Å². The maximum absolute atomic E-state index is 11.7. The number of aromatic carboxylic acids is 1. The highest BCUT2D eigenvalue weighted by Gasteiger charge is 2.11. The molecule has 0 aliphatic rings. The smallest absolute Gasteiger partial charge is 0.337 e. The summed E-state index contributed by atoms with van der Waals surface area (Å²) in [6.07, 6.45) is 3.03. The van der Waals surface area contributed by atoms with Gasteiger partial charge in [0.1, 0.15) is 0 Å². The van der Waals surface area contributed by atoms with Gasteiger partial charge in [-0.25, -0.2) is 9.59 Å². The van der Waals surface area contributed by atoms with Gasteiger partial charge in [-0.15, -0.1) is 0 Å². The van der Waals surface area contributed by atoms with Crippen LogP contribution in [-0.2, 0) is 0 Å². The van der Waals surface area contributed by atoms with E-state index in [-0.39, 0.29) is 22.7 Å². The lowest BCUT2D eigenvalue weighted by Crippen LogP contribution is -2.36. The molecule has 1 atom stereocenters. The monoisotopic (exact) mass is 298 g/mol. The van der Waals surface area contributed by atoms with E-state index in [9.17, 15) is 9.59 Å². The van der Waals surface area contributed by atoms with Gasteiger partial charge in [0, 0.05) is 11.7 Å². The van der Waals surface area contributed by atoms with Crippen LogP contribution in [0, 0.1) is 0 Å². The van der Waals surface area contributed by atoms with E-state index in [2.05, 4.69) is 17.6 Å². The molecule has 0 aliphatic heterocycles. The van der Waals surface area contributed by atoms with Gasteiger partial charge >= 0.3 is 12.0 Å². The van der Waals surface area contributed by atoms with Crippen LogP contribution in [0.3, 0.4) is 0 Å². The van der Waals surface area contributed by atoms with Crippen molar-refractivity contribution < 1.29 is 14.7 Å². The first-order chi connectivity index (χ1) is 9.43. The molecular weight excluding hydrogens is 280 g/mol. The van der Waals surface area contributed by atoms with Crippen molar-refractivity contribution in [2.45, 2.75) is 39.2 Å². The van der Waals surface area contributed by atoms with Crippen LogP contribution in [0.4, 0.5) is 10.5 Å². The van der Waals surface area contributed by atoms with Gasteiger partial charge in [0.15, 0.2) is 0 Å². The summed E-state index contributed by atoms with van der Waals surface area (Å²) < 4.78 is 0. The Hall–Kier alpha value is -1.75. The Morgan fingerprint density at radius 1 is 1.40 bits per heavy atom. The predicted octanol–water partition coefficient (Wildman–Crippen LogP) is 3.74. The number of carboxylic acid groups (broad SMARTS) is 1. The highest BCUT2D eigenvalue weighted by atomic mass is 35.5. The second-order valence-corrected chi connectivity index (χ2v) is 5.05. The third-order valence-corrected chi connectivity index (χ3v) is 3.15. The molecule has 110 valence electrons. The van der Waals surface area contributed by atoms with E-state index in [1.165, 1.54) is 12.1 Å². The van der Waals surface area contributed by atoms with Crippen molar-refractivity contribution in [3.8, 4) is 0 Å². The summed E-state index contributed by atoms with van der Waals surface area (Å²) in [5.41, 5.74) is 0.357. The van der Waals surface area contributed by atoms with Gasteiger partial charge in [-0.05, 0) is 31.5 Å². The summed E-state index contributed by atoms with van der Waals surface area (Å²) >= 11 is 5.76. The molecule has 2 amide bonds. The zero-order valence-corrected chi connectivity index (χ0v) is 12.3. The number of rotatable bonds is 6. The van der Waals surface area contributed by atoms with Crippen LogP contribution in [0.5, 0.6) is 0 Å². The topological polar surface area (TPSA) is 78.4 Å². The molecule has 0 spiro atoms. The highest BCUT2D eigenvalue weighted by molar-refractivity contribution is 6.33. The van der Waals surface area contributed by atoms with E-state index in [1.807, 2.05) is 6.92 Å². The summed E-state index contributed by atoms with van der Waals surface area (Å²) in [5.74, 6) is -1.13. The number of amides is 2. The average Bonchev–Trinajstić information content (AvgIpc) is 2.38. The number of hydrogen-bond donors (Lipinski definition) is 3. The number of carboxylic acids is 1. The summed E-state index contributed by atoms with van der Waals surface area (Å²) in [7, 11) is 0. The van der Waals surface area contributed by atoms with Crippen LogP contribution in [0.25, 0.3) is 0 Å². The van der Waals surface area contributed by atoms with E-state index in [1.54, 1.807) is 6.07 Å². The molecule has 20 heavy (non-hydrogen) atoms. The molecule has 0 aliphatic carbocycles. The summed E-state index contributed by atoms with van der Waals surface area (Å²) in [6.45, 7) is 4.02. The van der Waals surface area contributed by atoms with Crippen molar-refractivity contribution in [2.75, 3.05) is 5.32 Å². The fourth-order valence-electron chi connectivity index (χ4n) is 1.74. The van der Waals surface area contributed by atoms with Crippen molar-refractivity contribution >= 4 is 29.3 Å². The van der Waals surface area contributed by atoms with E-state index < -0.39 is 5.97 Å². The average molecular weight is 299 g/mol. The minimum Gasteiger partial charge on any atom is -0.478 e. The SMILES string of the molecule is CCCCC(C)NC(=O)Nc1ccc(Cl)c(C(=O)O)c1. The molecule has 0 bridgehead atoms. The molecule has 0 saturated carbocycles. The Morgan fingerprint density at radius 3 is 2.70 bits per heavy atom. The molecule has 0 radical (unpaired) electrons. The fraction of sp³-hybridized carbons (Fsp3) is 0.429. The van der Waals surface area contributed by atoms with Crippen molar-refractivity contribution in [1.82, 2.24) is 5.32 Å². The van der Waals surface area contributed by atoms with Crippen LogP contribution in [-0.4, -0.2) is 23.1 Å². The molecule has 0 saturated heterocycles. The number of carbonyl (C=O) groups is 2. The van der Waals surface area contributed by atoms with Crippen LogP contribution in [0.2, 0.25) is 5.02 Å². The maximum Gasteiger partial charge on any atom is 0.337 e. The Labute approximate surface area is 123 Å². The molecule has 1 aromatic carbocycles. The molecule has 0 heterocycles. The minimum atomic E-state index is -1.13. The van der Waals surface area contributed by atoms with Gasteiger partial charge in [-0.2, -0.15) is 0 Å². The van der Waals surface area contributed by atoms with Crippen LogP contribution < -0.4 is 10.6 Å². The molecule has 1 aromatic rings. The van der Waals surface area contributed by atoms with Gasteiger partial charge in [0.25, 0.3) is 0 Å². The number of urea groups is 1. The Balaban J connectivity index is 2.62. The molecular formula is C14H19ClN2O3. The first-order valence-corrected chi connectivity index (χ1v) is 6.92. The second kappa shape index (κ2) is 7.75. The molecule has 1 unspecified atom stereocenters. The lowest BCUT2D eigenvalue weighted by Gasteiger charge is -2.14. The number of benzene rings is 1. The number of unbranched alkanes of at least 4 members (excludes halogenated alkanes) is 1. The maximum atomic E-state index is 11.7. The lowest BCUT2D eigenvalue weighted by molar-refractivity contribution is 0.0697. The van der Waals surface area contributed by atoms with Gasteiger partial charge in [-0.1, -0.05) is 31.4 Å². The van der Waals surface area contributed by atoms with Crippen LogP contribution in [0.1, 0.15) is 43.5 Å². The summed E-state index contributed by atoms with van der Waals surface area (Å²) in [5, 5.41) is 14.5. The van der Waals surface area contributed by atoms with Crippen molar-refractivity contribution in [3.63, 3.8) is 0 Å². The van der Waals surface area contributed by atoms with E-state index >= 15 is 0 Å². The molecule has 0 aromatic heterocycles.